The first-order valence-electron chi connectivity index (χ1n) is 11.1. The van der Waals surface area contributed by atoms with Gasteiger partial charge in [0.05, 0.1) is 18.2 Å². The zero-order valence-corrected chi connectivity index (χ0v) is 17.1. The average Bonchev–Trinajstić information content (AvgIpc) is 3.30. The number of carbonyl (C=O) groups excluding carboxylic acids is 1. The quantitative estimate of drug-likeness (QED) is 0.762. The third kappa shape index (κ3) is 3.68. The van der Waals surface area contributed by atoms with Crippen LogP contribution < -0.4 is 16.0 Å². The average molecular weight is 401 g/mol. The van der Waals surface area contributed by atoms with Crippen molar-refractivity contribution in [2.45, 2.75) is 50.2 Å². The van der Waals surface area contributed by atoms with E-state index in [0.717, 1.165) is 44.8 Å². The molecule has 0 aromatic carbocycles. The maximum Gasteiger partial charge on any atom is 0.234 e. The van der Waals surface area contributed by atoms with E-state index in [-0.39, 0.29) is 17.6 Å². The second-order valence-corrected chi connectivity index (χ2v) is 9.21. The second kappa shape index (κ2) is 7.72. The molecule has 1 aromatic heterocycles. The molecule has 8 heteroatoms. The van der Waals surface area contributed by atoms with E-state index in [1.807, 2.05) is 6.07 Å². The maximum absolute atomic E-state index is 12.6. The Morgan fingerprint density at radius 3 is 2.90 bits per heavy atom. The van der Waals surface area contributed by atoms with Crippen molar-refractivity contribution in [1.29, 1.82) is 0 Å². The Bertz CT molecular complexity index is 752. The summed E-state index contributed by atoms with van der Waals surface area (Å²) in [5.41, 5.74) is 5.76. The fourth-order valence-corrected chi connectivity index (χ4v) is 5.96. The van der Waals surface area contributed by atoms with E-state index >= 15 is 0 Å². The molecule has 4 atom stereocenters. The molecule has 0 saturated carbocycles. The Morgan fingerprint density at radius 1 is 1.28 bits per heavy atom. The predicted octanol–water partition coefficient (Wildman–Crippen LogP) is 1.03. The summed E-state index contributed by atoms with van der Waals surface area (Å²) in [6.45, 7) is 5.09. The Kier molecular flexibility index (Phi) is 5.07. The van der Waals surface area contributed by atoms with Crippen molar-refractivity contribution in [3.05, 3.63) is 12.4 Å². The van der Waals surface area contributed by atoms with Gasteiger partial charge in [-0.3, -0.25) is 9.69 Å². The number of rotatable bonds is 5. The molecule has 5 rings (SSSR count). The number of ether oxygens (including phenoxy) is 1. The lowest BCUT2D eigenvalue weighted by Gasteiger charge is -2.29. The summed E-state index contributed by atoms with van der Waals surface area (Å²) in [5, 5.41) is 3.23. The van der Waals surface area contributed by atoms with E-state index in [1.165, 1.54) is 32.0 Å². The lowest BCUT2D eigenvalue weighted by molar-refractivity contribution is -0.122. The highest BCUT2D eigenvalue weighted by Crippen LogP contribution is 2.55. The molecule has 158 valence electrons. The van der Waals surface area contributed by atoms with E-state index in [0.29, 0.717) is 30.7 Å². The number of nitrogen functional groups attached to an aromatic ring is 1. The smallest absolute Gasteiger partial charge is 0.234 e. The summed E-state index contributed by atoms with van der Waals surface area (Å²) < 4.78 is 6.50. The molecule has 1 aromatic rings. The van der Waals surface area contributed by atoms with Gasteiger partial charge in [-0.15, -0.1) is 0 Å². The third-order valence-corrected chi connectivity index (χ3v) is 7.38. The van der Waals surface area contributed by atoms with Crippen molar-refractivity contribution >= 4 is 17.5 Å². The first-order valence-corrected chi connectivity index (χ1v) is 11.1. The molecule has 4 aliphatic heterocycles. The van der Waals surface area contributed by atoms with E-state index < -0.39 is 0 Å². The largest absolute Gasteiger partial charge is 0.384 e. The summed E-state index contributed by atoms with van der Waals surface area (Å²) in [4.78, 5) is 25.6. The SMILES string of the molecule is Nc1cc(N2C[C@@H]3[C@H](CNC(=O)CN4CCCCCC4)[C@H]4CC[C@]3(C2)O4)ncn1. The summed E-state index contributed by atoms with van der Waals surface area (Å²) in [6.07, 6.45) is 8.97. The van der Waals surface area contributed by atoms with Gasteiger partial charge in [0.2, 0.25) is 5.91 Å². The number of hydrogen-bond donors (Lipinski definition) is 2. The van der Waals surface area contributed by atoms with Crippen LogP contribution in [-0.2, 0) is 9.53 Å². The molecule has 8 nitrogen and oxygen atoms in total. The number of carbonyl (C=O) groups is 1. The van der Waals surface area contributed by atoms with Crippen molar-refractivity contribution in [3.63, 3.8) is 0 Å². The first-order chi connectivity index (χ1) is 14.1. The van der Waals surface area contributed by atoms with Crippen LogP contribution in [-0.4, -0.2) is 71.7 Å². The van der Waals surface area contributed by atoms with E-state index in [4.69, 9.17) is 10.5 Å². The summed E-state index contributed by atoms with van der Waals surface area (Å²) >= 11 is 0. The van der Waals surface area contributed by atoms with E-state index in [1.54, 1.807) is 0 Å². The van der Waals surface area contributed by atoms with Crippen molar-refractivity contribution in [3.8, 4) is 0 Å². The predicted molar refractivity (Wildman–Crippen MR) is 110 cm³/mol. The molecule has 1 amide bonds. The van der Waals surface area contributed by atoms with Gasteiger partial charge in [0.15, 0.2) is 0 Å². The van der Waals surface area contributed by atoms with Gasteiger partial charge in [0, 0.05) is 37.5 Å². The molecule has 0 aliphatic carbocycles. The first kappa shape index (κ1) is 19.1. The normalized spacial score (nSPS) is 34.2. The number of anilines is 2. The van der Waals surface area contributed by atoms with Gasteiger partial charge in [-0.1, -0.05) is 12.8 Å². The van der Waals surface area contributed by atoms with E-state index in [9.17, 15) is 4.79 Å². The highest BCUT2D eigenvalue weighted by molar-refractivity contribution is 5.78. The molecule has 4 aliphatic rings. The lowest BCUT2D eigenvalue weighted by Crippen LogP contribution is -2.44. The van der Waals surface area contributed by atoms with Gasteiger partial charge in [-0.05, 0) is 38.8 Å². The number of aromatic nitrogens is 2. The molecule has 0 radical (unpaired) electrons. The van der Waals surface area contributed by atoms with E-state index in [2.05, 4.69) is 25.1 Å². The fraction of sp³-hybridized carbons (Fsp3) is 0.762. The molecule has 3 N–H and O–H groups in total. The van der Waals surface area contributed by atoms with Crippen LogP contribution in [0.5, 0.6) is 0 Å². The number of nitrogens with one attached hydrogen (secondary N) is 1. The lowest BCUT2D eigenvalue weighted by atomic mass is 9.73. The third-order valence-electron chi connectivity index (χ3n) is 7.38. The number of amides is 1. The molecule has 4 saturated heterocycles. The number of nitrogens with two attached hydrogens (primary N) is 1. The molecule has 0 unspecified atom stereocenters. The molecule has 1 spiro atoms. The molecule has 5 heterocycles. The zero-order chi connectivity index (χ0) is 19.8. The Labute approximate surface area is 172 Å². The summed E-state index contributed by atoms with van der Waals surface area (Å²) in [6, 6.07) is 1.84. The van der Waals surface area contributed by atoms with Gasteiger partial charge in [-0.2, -0.15) is 0 Å². The van der Waals surface area contributed by atoms with Gasteiger partial charge in [0.1, 0.15) is 18.0 Å². The van der Waals surface area contributed by atoms with Crippen molar-refractivity contribution < 1.29 is 9.53 Å². The molecular weight excluding hydrogens is 368 g/mol. The molecule has 2 bridgehead atoms. The van der Waals surface area contributed by atoms with Gasteiger partial charge in [0.25, 0.3) is 0 Å². The van der Waals surface area contributed by atoms with Crippen LogP contribution in [0.1, 0.15) is 38.5 Å². The second-order valence-electron chi connectivity index (χ2n) is 9.21. The van der Waals surface area contributed by atoms with Crippen LogP contribution in [0.2, 0.25) is 0 Å². The summed E-state index contributed by atoms with van der Waals surface area (Å²) in [7, 11) is 0. The molecule has 29 heavy (non-hydrogen) atoms. The number of hydrogen-bond acceptors (Lipinski definition) is 7. The van der Waals surface area contributed by atoms with Gasteiger partial charge in [-0.25, -0.2) is 9.97 Å². The van der Waals surface area contributed by atoms with Crippen LogP contribution in [0.3, 0.4) is 0 Å². The maximum atomic E-state index is 12.6. The Balaban J connectivity index is 1.20. The van der Waals surface area contributed by atoms with Gasteiger partial charge < -0.3 is 20.7 Å². The Morgan fingerprint density at radius 2 is 2.10 bits per heavy atom. The minimum Gasteiger partial charge on any atom is -0.384 e. The van der Waals surface area contributed by atoms with Crippen molar-refractivity contribution in [1.82, 2.24) is 20.2 Å². The van der Waals surface area contributed by atoms with Crippen molar-refractivity contribution in [2.24, 2.45) is 11.8 Å². The standard InChI is InChI=1S/C21H32N6O2/c22-18-9-19(25-14-24-18)27-11-16-15(17-5-6-21(16,13-27)29-17)10-23-20(28)12-26-7-3-1-2-4-8-26/h9,14-17H,1-8,10-13H2,(H,23,28)(H2,22,24,25)/t15-,16+,17+,21+/m0/s1. The topological polar surface area (TPSA) is 96.6 Å². The van der Waals surface area contributed by atoms with Gasteiger partial charge >= 0.3 is 0 Å². The highest BCUT2D eigenvalue weighted by atomic mass is 16.5. The van der Waals surface area contributed by atoms with Crippen LogP contribution in [0.25, 0.3) is 0 Å². The number of fused-ring (bicyclic) bond motifs is 1. The molecular formula is C21H32N6O2. The molecule has 4 fully saturated rings. The Hall–Kier alpha value is -1.93. The van der Waals surface area contributed by atoms with Crippen molar-refractivity contribution in [2.75, 3.05) is 49.9 Å². The van der Waals surface area contributed by atoms with Crippen LogP contribution >= 0.6 is 0 Å². The fourth-order valence-electron chi connectivity index (χ4n) is 5.96. The zero-order valence-electron chi connectivity index (χ0n) is 17.1. The number of likely N-dealkylation sites (tertiary alicyclic amines) is 1. The minimum atomic E-state index is -0.0927. The number of nitrogens with zero attached hydrogens (tertiary/aromatic N) is 4. The van der Waals surface area contributed by atoms with Crippen LogP contribution in [0.4, 0.5) is 11.6 Å². The minimum absolute atomic E-state index is 0.0927. The monoisotopic (exact) mass is 400 g/mol. The highest BCUT2D eigenvalue weighted by Gasteiger charge is 2.63. The van der Waals surface area contributed by atoms with Crippen LogP contribution in [0.15, 0.2) is 12.4 Å². The summed E-state index contributed by atoms with van der Waals surface area (Å²) in [5.74, 6) is 2.32. The van der Waals surface area contributed by atoms with Crippen LogP contribution in [0, 0.1) is 11.8 Å².